The van der Waals surface area contributed by atoms with E-state index < -0.39 is 10.0 Å². The van der Waals surface area contributed by atoms with E-state index in [1.165, 1.54) is 23.9 Å². The zero-order chi connectivity index (χ0) is 19.7. The Labute approximate surface area is 166 Å². The number of hydrogen-bond acceptors (Lipinski definition) is 5. The number of fused-ring (bicyclic) bond motifs is 1. The van der Waals surface area contributed by atoms with Crippen molar-refractivity contribution in [3.8, 4) is 5.75 Å². The topological polar surface area (TPSA) is 59.1 Å². The Morgan fingerprint density at radius 2 is 1.89 bits per heavy atom. The molecule has 0 atom stereocenters. The Kier molecular flexibility index (Phi) is 5.31. The molecule has 0 spiro atoms. The van der Waals surface area contributed by atoms with Crippen LogP contribution in [0.4, 0.5) is 5.69 Å². The van der Waals surface area contributed by atoms with Gasteiger partial charge >= 0.3 is 0 Å². The summed E-state index contributed by atoms with van der Waals surface area (Å²) in [6, 6.07) is 13.4. The first kappa shape index (κ1) is 19.2. The molecule has 0 aromatic heterocycles. The molecule has 1 saturated heterocycles. The number of methoxy groups -OCH3 is 1. The van der Waals surface area contributed by atoms with Gasteiger partial charge < -0.3 is 14.4 Å². The van der Waals surface area contributed by atoms with E-state index in [0.29, 0.717) is 32.2 Å². The number of nitrogens with zero attached hydrogens (tertiary/aromatic N) is 2. The van der Waals surface area contributed by atoms with Crippen LogP contribution < -0.4 is 9.64 Å². The fraction of sp³-hybridized carbons (Fsp3) is 0.429. The second kappa shape index (κ2) is 7.73. The summed E-state index contributed by atoms with van der Waals surface area (Å²) in [5, 5.41) is 0. The van der Waals surface area contributed by atoms with E-state index in [-0.39, 0.29) is 10.9 Å². The average Bonchev–Trinajstić information content (AvgIpc) is 2.73. The highest BCUT2D eigenvalue weighted by molar-refractivity contribution is 7.89. The van der Waals surface area contributed by atoms with Gasteiger partial charge in [-0.05, 0) is 38.0 Å². The van der Waals surface area contributed by atoms with E-state index >= 15 is 0 Å². The standard InChI is InChI=1S/C21H26N2O4S/c1-16-6-7-21-17(12-16)14-27-15-23(21)18-8-10-22(11-9-18)28(24,25)20-5-3-4-19(13-20)26-2/h3-7,12-13,18H,8-11,14-15H2,1-2H3. The monoisotopic (exact) mass is 402 g/mol. The zero-order valence-corrected chi connectivity index (χ0v) is 17.1. The van der Waals surface area contributed by atoms with Gasteiger partial charge in [0.25, 0.3) is 0 Å². The first-order valence-electron chi connectivity index (χ1n) is 9.57. The van der Waals surface area contributed by atoms with E-state index in [9.17, 15) is 8.42 Å². The third-order valence-corrected chi connectivity index (χ3v) is 7.47. The van der Waals surface area contributed by atoms with Crippen LogP contribution in [0.2, 0.25) is 0 Å². The number of hydrogen-bond donors (Lipinski definition) is 0. The maximum absolute atomic E-state index is 13.0. The molecule has 2 aromatic carbocycles. The van der Waals surface area contributed by atoms with Crippen molar-refractivity contribution in [1.82, 2.24) is 4.31 Å². The number of aryl methyl sites for hydroxylation is 1. The van der Waals surface area contributed by atoms with Gasteiger partial charge in [0.2, 0.25) is 10.0 Å². The molecular weight excluding hydrogens is 376 g/mol. The molecule has 0 saturated carbocycles. The molecule has 0 amide bonds. The Bertz CT molecular complexity index is 953. The Balaban J connectivity index is 1.48. The summed E-state index contributed by atoms with van der Waals surface area (Å²) in [5.41, 5.74) is 3.65. The molecule has 28 heavy (non-hydrogen) atoms. The molecule has 0 radical (unpaired) electrons. The molecule has 4 rings (SSSR count). The largest absolute Gasteiger partial charge is 0.497 e. The number of sulfonamides is 1. The van der Waals surface area contributed by atoms with Gasteiger partial charge in [0.05, 0.1) is 18.6 Å². The molecule has 2 aromatic rings. The fourth-order valence-corrected chi connectivity index (χ4v) is 5.55. The highest BCUT2D eigenvalue weighted by Crippen LogP contribution is 2.32. The number of rotatable bonds is 4. The molecule has 150 valence electrons. The van der Waals surface area contributed by atoms with Gasteiger partial charge in [-0.3, -0.25) is 0 Å². The normalized spacial score (nSPS) is 18.7. The molecule has 0 aliphatic carbocycles. The molecule has 1 fully saturated rings. The Morgan fingerprint density at radius 3 is 2.64 bits per heavy atom. The minimum absolute atomic E-state index is 0.276. The van der Waals surface area contributed by atoms with Gasteiger partial charge in [-0.25, -0.2) is 8.42 Å². The van der Waals surface area contributed by atoms with Crippen molar-refractivity contribution in [1.29, 1.82) is 0 Å². The van der Waals surface area contributed by atoms with Gasteiger partial charge in [-0.15, -0.1) is 0 Å². The second-order valence-electron chi connectivity index (χ2n) is 7.39. The van der Waals surface area contributed by atoms with Crippen molar-refractivity contribution in [2.24, 2.45) is 0 Å². The fourth-order valence-electron chi connectivity index (χ4n) is 4.04. The van der Waals surface area contributed by atoms with Crippen LogP contribution in [0.15, 0.2) is 47.4 Å². The molecule has 0 unspecified atom stereocenters. The van der Waals surface area contributed by atoms with Gasteiger partial charge in [-0.2, -0.15) is 4.31 Å². The quantitative estimate of drug-likeness (QED) is 0.786. The predicted octanol–water partition coefficient (Wildman–Crippen LogP) is 3.15. The van der Waals surface area contributed by atoms with Crippen LogP contribution in [0.3, 0.4) is 0 Å². The minimum Gasteiger partial charge on any atom is -0.497 e. The van der Waals surface area contributed by atoms with Crippen molar-refractivity contribution in [3.05, 3.63) is 53.6 Å². The zero-order valence-electron chi connectivity index (χ0n) is 16.3. The van der Waals surface area contributed by atoms with Crippen LogP contribution in [0, 0.1) is 6.92 Å². The molecule has 2 heterocycles. The number of ether oxygens (including phenoxy) is 2. The first-order valence-corrected chi connectivity index (χ1v) is 11.0. The number of benzene rings is 2. The van der Waals surface area contributed by atoms with E-state index in [2.05, 4.69) is 30.0 Å². The van der Waals surface area contributed by atoms with E-state index in [0.717, 1.165) is 12.8 Å². The summed E-state index contributed by atoms with van der Waals surface area (Å²) >= 11 is 0. The maximum Gasteiger partial charge on any atom is 0.243 e. The van der Waals surface area contributed by atoms with Crippen molar-refractivity contribution < 1.29 is 17.9 Å². The predicted molar refractivity (Wildman–Crippen MR) is 108 cm³/mol. The highest BCUT2D eigenvalue weighted by atomic mass is 32.2. The van der Waals surface area contributed by atoms with Gasteiger partial charge in [-0.1, -0.05) is 23.8 Å². The second-order valence-corrected chi connectivity index (χ2v) is 9.33. The van der Waals surface area contributed by atoms with Crippen LogP contribution >= 0.6 is 0 Å². The third kappa shape index (κ3) is 3.62. The minimum atomic E-state index is -3.51. The first-order chi connectivity index (χ1) is 13.5. The molecule has 0 bridgehead atoms. The van der Waals surface area contributed by atoms with E-state index in [4.69, 9.17) is 9.47 Å². The molecule has 2 aliphatic rings. The summed E-state index contributed by atoms with van der Waals surface area (Å²) in [6.45, 7) is 4.28. The molecule has 7 heteroatoms. The lowest BCUT2D eigenvalue weighted by atomic mass is 10.0. The molecular formula is C21H26N2O4S. The van der Waals surface area contributed by atoms with Crippen LogP contribution in [0.1, 0.15) is 24.0 Å². The van der Waals surface area contributed by atoms with Crippen LogP contribution in [0.25, 0.3) is 0 Å². The van der Waals surface area contributed by atoms with Crippen molar-refractivity contribution in [2.75, 3.05) is 31.8 Å². The van der Waals surface area contributed by atoms with Crippen molar-refractivity contribution in [3.63, 3.8) is 0 Å². The lowest BCUT2D eigenvalue weighted by Gasteiger charge is -2.41. The van der Waals surface area contributed by atoms with Crippen LogP contribution in [-0.2, 0) is 21.4 Å². The van der Waals surface area contributed by atoms with Crippen molar-refractivity contribution in [2.45, 2.75) is 37.3 Å². The average molecular weight is 403 g/mol. The Hall–Kier alpha value is -2.09. The van der Waals surface area contributed by atoms with Crippen molar-refractivity contribution >= 4 is 15.7 Å². The molecule has 0 N–H and O–H groups in total. The van der Waals surface area contributed by atoms with Gasteiger partial charge in [0.1, 0.15) is 12.5 Å². The summed E-state index contributed by atoms with van der Waals surface area (Å²) in [5.74, 6) is 0.549. The summed E-state index contributed by atoms with van der Waals surface area (Å²) in [6.07, 6.45) is 1.56. The summed E-state index contributed by atoms with van der Waals surface area (Å²) < 4.78 is 38.6. The van der Waals surface area contributed by atoms with Gasteiger partial charge in [0.15, 0.2) is 0 Å². The van der Waals surface area contributed by atoms with Gasteiger partial charge in [0, 0.05) is 36.4 Å². The smallest absolute Gasteiger partial charge is 0.243 e. The van der Waals surface area contributed by atoms with Crippen LogP contribution in [0.5, 0.6) is 5.75 Å². The molecule has 2 aliphatic heterocycles. The molecule has 6 nitrogen and oxygen atoms in total. The highest BCUT2D eigenvalue weighted by Gasteiger charge is 2.33. The lowest BCUT2D eigenvalue weighted by molar-refractivity contribution is 0.0987. The summed E-state index contributed by atoms with van der Waals surface area (Å²) in [7, 11) is -1.97. The van der Waals surface area contributed by atoms with E-state index in [1.807, 2.05) is 0 Å². The number of anilines is 1. The van der Waals surface area contributed by atoms with Crippen LogP contribution in [-0.4, -0.2) is 45.7 Å². The number of piperidine rings is 1. The van der Waals surface area contributed by atoms with E-state index in [1.54, 1.807) is 28.6 Å². The lowest BCUT2D eigenvalue weighted by Crippen LogP contribution is -2.48. The Morgan fingerprint density at radius 1 is 1.11 bits per heavy atom. The third-order valence-electron chi connectivity index (χ3n) is 5.58. The summed E-state index contributed by atoms with van der Waals surface area (Å²) in [4.78, 5) is 2.57. The SMILES string of the molecule is COc1cccc(S(=O)(=O)N2CCC(N3COCc4cc(C)ccc43)CC2)c1. The maximum atomic E-state index is 13.0.